The first-order valence-electron chi connectivity index (χ1n) is 12.3. The summed E-state index contributed by atoms with van der Waals surface area (Å²) in [6.07, 6.45) is -7.08. The number of hydrogen-bond acceptors (Lipinski definition) is 6. The Labute approximate surface area is 241 Å². The van der Waals surface area contributed by atoms with E-state index in [1.807, 2.05) is 30.3 Å². The maximum absolute atomic E-state index is 13.8. The lowest BCUT2D eigenvalue weighted by molar-refractivity contribution is -0.283. The highest BCUT2D eigenvalue weighted by atomic mass is 32.2. The first-order valence-corrected chi connectivity index (χ1v) is 15.0. The van der Waals surface area contributed by atoms with E-state index in [9.17, 15) is 35.2 Å². The minimum absolute atomic E-state index is 0.139. The Morgan fingerprint density at radius 1 is 0.905 bits per heavy atom. The fourth-order valence-electron chi connectivity index (χ4n) is 4.14. The summed E-state index contributed by atoms with van der Waals surface area (Å²) in [5.41, 5.74) is -2.22. The van der Waals surface area contributed by atoms with Gasteiger partial charge >= 0.3 is 27.5 Å². The van der Waals surface area contributed by atoms with Gasteiger partial charge in [0.15, 0.2) is 32.2 Å². The largest absolute Gasteiger partial charge is 0.451 e. The maximum Gasteiger partial charge on any atom is 0.419 e. The van der Waals surface area contributed by atoms with Gasteiger partial charge in [0.2, 0.25) is 0 Å². The van der Waals surface area contributed by atoms with Crippen LogP contribution in [0.5, 0.6) is 0 Å². The number of halogens is 5. The minimum atomic E-state index is -5.81. The van der Waals surface area contributed by atoms with Gasteiger partial charge in [0.05, 0.1) is 23.1 Å². The fourth-order valence-corrected chi connectivity index (χ4v) is 6.67. The molecule has 0 bridgehead atoms. The van der Waals surface area contributed by atoms with Crippen molar-refractivity contribution in [1.82, 2.24) is 0 Å². The summed E-state index contributed by atoms with van der Waals surface area (Å²) in [4.78, 5) is 14.8. The first kappa shape index (κ1) is 31.9. The molecule has 1 heterocycles. The van der Waals surface area contributed by atoms with Crippen molar-refractivity contribution in [3.8, 4) is 0 Å². The molecule has 0 amide bonds. The van der Waals surface area contributed by atoms with Crippen LogP contribution < -0.4 is 0 Å². The van der Waals surface area contributed by atoms with Gasteiger partial charge in [-0.1, -0.05) is 18.2 Å². The molecule has 42 heavy (non-hydrogen) atoms. The predicted molar refractivity (Wildman–Crippen MR) is 142 cm³/mol. The zero-order valence-corrected chi connectivity index (χ0v) is 24.0. The van der Waals surface area contributed by atoms with Crippen molar-refractivity contribution in [2.24, 2.45) is 0 Å². The topological polar surface area (TPSA) is 99.1 Å². The van der Waals surface area contributed by atoms with Crippen molar-refractivity contribution in [1.29, 1.82) is 0 Å². The van der Waals surface area contributed by atoms with E-state index in [0.717, 1.165) is 16.7 Å². The smallest absolute Gasteiger partial charge is 0.419 e. The van der Waals surface area contributed by atoms with Gasteiger partial charge in [-0.2, -0.15) is 30.4 Å². The van der Waals surface area contributed by atoms with Crippen LogP contribution in [0.15, 0.2) is 93.5 Å². The summed E-state index contributed by atoms with van der Waals surface area (Å²) in [6.45, 7) is 2.33. The first-order chi connectivity index (χ1) is 19.4. The summed E-state index contributed by atoms with van der Waals surface area (Å²) in [7, 11) is -6.58. The van der Waals surface area contributed by atoms with Gasteiger partial charge in [0.1, 0.15) is 0 Å². The van der Waals surface area contributed by atoms with E-state index in [-0.39, 0.29) is 5.56 Å². The summed E-state index contributed by atoms with van der Waals surface area (Å²) in [6, 6.07) is 21.7. The molecular formula is C28H26F5O7S2+. The van der Waals surface area contributed by atoms with E-state index in [1.54, 1.807) is 36.4 Å². The molecule has 0 spiro atoms. The van der Waals surface area contributed by atoms with E-state index in [0.29, 0.717) is 17.4 Å². The molecule has 1 fully saturated rings. The molecule has 4 rings (SSSR count). The number of esters is 1. The van der Waals surface area contributed by atoms with E-state index >= 15 is 0 Å². The Balaban J connectivity index is 1.60. The van der Waals surface area contributed by atoms with Crippen molar-refractivity contribution < 1.29 is 53.9 Å². The minimum Gasteiger partial charge on any atom is -0.451 e. The number of carbonyl (C=O) groups is 1. The lowest BCUT2D eigenvalue weighted by Gasteiger charge is -2.29. The van der Waals surface area contributed by atoms with Gasteiger partial charge in [-0.05, 0) is 81.4 Å². The Kier molecular flexibility index (Phi) is 8.52. The fraction of sp³-hybridized carbons (Fsp3) is 0.321. The molecular weight excluding hydrogens is 607 g/mol. The third-order valence-electron chi connectivity index (χ3n) is 6.66. The highest BCUT2D eigenvalue weighted by molar-refractivity contribution is 7.97. The van der Waals surface area contributed by atoms with Crippen molar-refractivity contribution in [2.45, 2.75) is 64.4 Å². The van der Waals surface area contributed by atoms with Crippen LogP contribution in [0.3, 0.4) is 0 Å². The van der Waals surface area contributed by atoms with Crippen LogP contribution in [0, 0.1) is 0 Å². The monoisotopic (exact) mass is 633 g/mol. The van der Waals surface area contributed by atoms with Gasteiger partial charge in [0, 0.05) is 5.56 Å². The molecule has 3 aromatic carbocycles. The molecule has 0 aliphatic carbocycles. The number of ether oxygens (including phenoxy) is 3. The summed E-state index contributed by atoms with van der Waals surface area (Å²) in [5, 5.41) is -4.70. The molecule has 0 saturated carbocycles. The van der Waals surface area contributed by atoms with Crippen molar-refractivity contribution in [2.75, 3.05) is 6.61 Å². The number of carbonyl (C=O) groups excluding carboxylic acids is 1. The number of hydrogen-bond donors (Lipinski definition) is 1. The maximum atomic E-state index is 13.8. The van der Waals surface area contributed by atoms with Crippen LogP contribution in [0.4, 0.5) is 22.0 Å². The third-order valence-corrected chi connectivity index (χ3v) is 9.91. The average Bonchev–Trinajstić information content (AvgIpc) is 3.26. The second-order valence-corrected chi connectivity index (χ2v) is 13.3. The molecule has 3 aromatic rings. The second kappa shape index (κ2) is 11.2. The molecule has 1 saturated heterocycles. The number of rotatable bonds is 8. The lowest BCUT2D eigenvalue weighted by atomic mass is 10.1. The highest BCUT2D eigenvalue weighted by Gasteiger charge is 2.61. The van der Waals surface area contributed by atoms with Crippen LogP contribution in [-0.2, 0) is 41.0 Å². The normalized spacial score (nSPS) is 22.9. The van der Waals surface area contributed by atoms with Gasteiger partial charge in [0.25, 0.3) is 0 Å². The van der Waals surface area contributed by atoms with Crippen LogP contribution in [0.25, 0.3) is 0 Å². The lowest BCUT2D eigenvalue weighted by Crippen LogP contribution is -2.45. The van der Waals surface area contributed by atoms with Crippen LogP contribution in [0.2, 0.25) is 0 Å². The Morgan fingerprint density at radius 3 is 1.88 bits per heavy atom. The zero-order chi connectivity index (χ0) is 31.1. The highest BCUT2D eigenvalue weighted by Crippen LogP contribution is 2.46. The molecule has 1 N–H and O–H groups in total. The predicted octanol–water partition coefficient (Wildman–Crippen LogP) is 6.35. The van der Waals surface area contributed by atoms with Gasteiger partial charge in [-0.15, -0.1) is 0 Å². The van der Waals surface area contributed by atoms with Crippen molar-refractivity contribution in [3.05, 3.63) is 90.0 Å². The van der Waals surface area contributed by atoms with Crippen LogP contribution in [0.1, 0.15) is 36.7 Å². The molecule has 4 atom stereocenters. The molecule has 14 heteroatoms. The molecule has 1 aliphatic rings. The molecule has 7 nitrogen and oxygen atoms in total. The van der Waals surface area contributed by atoms with Gasteiger partial charge in [-0.3, -0.25) is 4.55 Å². The summed E-state index contributed by atoms with van der Waals surface area (Å²) >= 11 is 0. The molecule has 1 aliphatic heterocycles. The van der Waals surface area contributed by atoms with Crippen LogP contribution >= 0.6 is 0 Å². The molecule has 0 aromatic heterocycles. The van der Waals surface area contributed by atoms with E-state index in [2.05, 4.69) is 4.74 Å². The number of benzene rings is 3. The molecule has 0 radical (unpaired) electrons. The summed E-state index contributed by atoms with van der Waals surface area (Å²) in [5.74, 6) is -2.85. The molecule has 226 valence electrons. The summed E-state index contributed by atoms with van der Waals surface area (Å²) < 4.78 is 114. The van der Waals surface area contributed by atoms with Crippen molar-refractivity contribution >= 4 is 27.0 Å². The Morgan fingerprint density at radius 2 is 1.40 bits per heavy atom. The Bertz CT molecular complexity index is 1530. The Hall–Kier alpha value is -3.04. The van der Waals surface area contributed by atoms with E-state index < -0.39 is 62.5 Å². The van der Waals surface area contributed by atoms with Gasteiger partial charge < -0.3 is 14.2 Å². The van der Waals surface area contributed by atoms with E-state index in [1.165, 1.54) is 19.1 Å². The molecule has 4 unspecified atom stereocenters. The quantitative estimate of drug-likeness (QED) is 0.134. The van der Waals surface area contributed by atoms with E-state index in [4.69, 9.17) is 14.0 Å². The zero-order valence-electron chi connectivity index (χ0n) is 22.4. The van der Waals surface area contributed by atoms with Gasteiger partial charge in [-0.25, -0.2) is 4.79 Å². The average molecular weight is 634 g/mol. The van der Waals surface area contributed by atoms with Crippen molar-refractivity contribution in [3.63, 3.8) is 0 Å². The number of alkyl halides is 5. The standard InChI is InChI=1S/C28H25F5O7S2/c1-18(27(29,30)42(35,36)37)39-24(34)19-9-13-22(14-10-19)41(21-7-5-4-6-8-21)23-15-11-20(12-16-23)26(3)38-17-25(2,40-26)28(31,32)33/h4-16,18H,17H2,1-3H3/p+1. The SMILES string of the molecule is CC(OC(=O)c1ccc([S+](c2ccccc2)c2ccc(C3(C)OCC(C)(C(F)(F)F)O3)cc2)cc1)C(F)(F)S(=O)(=O)O. The van der Waals surface area contributed by atoms with Crippen LogP contribution in [-0.4, -0.2) is 48.7 Å². The second-order valence-electron chi connectivity index (χ2n) is 9.82. The third kappa shape index (κ3) is 6.18.